The molecule has 10 atom stereocenters. The van der Waals surface area contributed by atoms with Gasteiger partial charge in [0.15, 0.2) is 0 Å². The average Bonchev–Trinajstić information content (AvgIpc) is 3.09. The summed E-state index contributed by atoms with van der Waals surface area (Å²) in [6.45, 7) is 14.6. The zero-order chi connectivity index (χ0) is 25.1. The molecule has 0 saturated heterocycles. The van der Waals surface area contributed by atoms with Crippen LogP contribution in [0.15, 0.2) is 0 Å². The van der Waals surface area contributed by atoms with Crippen LogP contribution in [0.4, 0.5) is 0 Å². The van der Waals surface area contributed by atoms with Crippen LogP contribution in [-0.4, -0.2) is 33.5 Å². The molecule has 0 unspecified atom stereocenters. The van der Waals surface area contributed by atoms with Gasteiger partial charge in [0.2, 0.25) is 0 Å². The number of hydrogen-bond donors (Lipinski definition) is 2. The number of hydrogen-bond acceptors (Lipinski definition) is 4. The molecule has 0 aliphatic heterocycles. The molecule has 0 aromatic rings. The Morgan fingerprint density at radius 2 is 1.62 bits per heavy atom. The Bertz CT molecular complexity index is 753. The molecule has 4 heteroatoms. The molecule has 196 valence electrons. The molecule has 4 saturated carbocycles. The first-order valence-electron chi connectivity index (χ1n) is 14.3. The van der Waals surface area contributed by atoms with E-state index in [2.05, 4.69) is 27.7 Å². The second-order valence-corrected chi connectivity index (χ2v) is 14.3. The molecule has 2 N–H and O–H groups in total. The summed E-state index contributed by atoms with van der Waals surface area (Å²) < 4.78 is 5.64. The summed E-state index contributed by atoms with van der Waals surface area (Å²) in [5, 5.41) is 22.1. The van der Waals surface area contributed by atoms with E-state index in [9.17, 15) is 15.0 Å². The lowest BCUT2D eigenvalue weighted by Crippen LogP contribution is -2.55. The summed E-state index contributed by atoms with van der Waals surface area (Å²) in [6.07, 6.45) is 12.5. The van der Waals surface area contributed by atoms with Gasteiger partial charge in [-0.25, -0.2) is 0 Å². The van der Waals surface area contributed by atoms with Crippen LogP contribution in [0.1, 0.15) is 119 Å². The van der Waals surface area contributed by atoms with Gasteiger partial charge < -0.3 is 14.9 Å². The Hall–Kier alpha value is -0.610. The van der Waals surface area contributed by atoms with E-state index in [4.69, 9.17) is 4.74 Å². The number of carbonyl (C=O) groups is 1. The van der Waals surface area contributed by atoms with Gasteiger partial charge in [0.25, 0.3) is 0 Å². The molecule has 0 aromatic heterocycles. The van der Waals surface area contributed by atoms with E-state index < -0.39 is 11.2 Å². The minimum absolute atomic E-state index is 0.123. The predicted octanol–water partition coefficient (Wildman–Crippen LogP) is 6.52. The molecule has 0 aromatic carbocycles. The number of aliphatic hydroxyl groups is 2. The van der Waals surface area contributed by atoms with E-state index in [1.807, 2.05) is 13.8 Å². The zero-order valence-corrected chi connectivity index (χ0v) is 23.0. The molecule has 0 amide bonds. The van der Waals surface area contributed by atoms with Crippen molar-refractivity contribution in [3.05, 3.63) is 0 Å². The molecule has 4 aliphatic rings. The van der Waals surface area contributed by atoms with Gasteiger partial charge in [-0.1, -0.05) is 20.8 Å². The maximum atomic E-state index is 11.7. The summed E-state index contributed by atoms with van der Waals surface area (Å²) in [7, 11) is 0. The Morgan fingerprint density at radius 1 is 0.971 bits per heavy atom. The third kappa shape index (κ3) is 4.60. The minimum atomic E-state index is -0.696. The summed E-state index contributed by atoms with van der Waals surface area (Å²) in [6, 6.07) is 0. The normalized spacial score (nSPS) is 44.9. The van der Waals surface area contributed by atoms with Gasteiger partial charge in [0.1, 0.15) is 6.10 Å². The van der Waals surface area contributed by atoms with Crippen LogP contribution in [0.25, 0.3) is 0 Å². The van der Waals surface area contributed by atoms with Crippen molar-refractivity contribution >= 4 is 5.97 Å². The van der Waals surface area contributed by atoms with E-state index >= 15 is 0 Å². The van der Waals surface area contributed by atoms with Gasteiger partial charge in [-0.15, -0.1) is 0 Å². The second-order valence-electron chi connectivity index (χ2n) is 14.3. The average molecular weight is 477 g/mol. The van der Waals surface area contributed by atoms with E-state index in [1.165, 1.54) is 38.5 Å². The van der Waals surface area contributed by atoms with Gasteiger partial charge in [-0.3, -0.25) is 4.79 Å². The molecule has 4 aliphatic carbocycles. The first-order chi connectivity index (χ1) is 15.7. The number of carbonyl (C=O) groups excluding carboxylic acids is 1. The molecule has 0 bridgehead atoms. The van der Waals surface area contributed by atoms with Crippen molar-refractivity contribution in [1.82, 2.24) is 0 Å². The highest BCUT2D eigenvalue weighted by Crippen LogP contribution is 2.68. The van der Waals surface area contributed by atoms with Crippen LogP contribution in [0, 0.1) is 46.3 Å². The molecule has 4 rings (SSSR count). The van der Waals surface area contributed by atoms with Crippen LogP contribution in [0.3, 0.4) is 0 Å². The van der Waals surface area contributed by atoms with Crippen molar-refractivity contribution in [2.24, 2.45) is 46.3 Å². The summed E-state index contributed by atoms with van der Waals surface area (Å²) in [4.78, 5) is 11.5. The number of esters is 1. The van der Waals surface area contributed by atoms with Gasteiger partial charge in [-0.2, -0.15) is 0 Å². The lowest BCUT2D eigenvalue weighted by atomic mass is 9.44. The monoisotopic (exact) mass is 476 g/mol. The van der Waals surface area contributed by atoms with Crippen LogP contribution in [0.2, 0.25) is 0 Å². The number of rotatable bonds is 6. The molecule has 0 heterocycles. The van der Waals surface area contributed by atoms with Crippen molar-refractivity contribution in [3.8, 4) is 0 Å². The third-order valence-electron chi connectivity index (χ3n) is 12.0. The van der Waals surface area contributed by atoms with Crippen molar-refractivity contribution in [2.75, 3.05) is 0 Å². The standard InChI is InChI=1S/C30H52O4/c1-19(27(3,4)32)12-17-30(7,33)26-11-10-24-23-9-8-21-18-22(34-20(2)31)13-15-28(21,5)25(23)14-16-29(24,26)6/h19,21-26,32-33H,8-18H2,1-7H3/t19-,21-,22-,23-,24-,25-,26-,28-,29-,30-/m0/s1. The number of fused-ring (bicyclic) bond motifs is 5. The van der Waals surface area contributed by atoms with Crippen molar-refractivity contribution in [2.45, 2.75) is 136 Å². The molecular formula is C30H52O4. The van der Waals surface area contributed by atoms with Crippen molar-refractivity contribution < 1.29 is 19.7 Å². The van der Waals surface area contributed by atoms with Crippen molar-refractivity contribution in [3.63, 3.8) is 0 Å². The fourth-order valence-electron chi connectivity index (χ4n) is 9.62. The van der Waals surface area contributed by atoms with E-state index in [0.717, 1.165) is 49.9 Å². The Morgan fingerprint density at radius 3 is 2.26 bits per heavy atom. The lowest BCUT2D eigenvalue weighted by molar-refractivity contribution is -0.164. The largest absolute Gasteiger partial charge is 0.463 e. The molecule has 34 heavy (non-hydrogen) atoms. The Labute approximate surface area is 208 Å². The minimum Gasteiger partial charge on any atom is -0.463 e. The summed E-state index contributed by atoms with van der Waals surface area (Å²) >= 11 is 0. The van der Waals surface area contributed by atoms with Crippen LogP contribution < -0.4 is 0 Å². The predicted molar refractivity (Wildman–Crippen MR) is 136 cm³/mol. The first kappa shape index (κ1) is 26.5. The van der Waals surface area contributed by atoms with E-state index in [1.54, 1.807) is 6.92 Å². The maximum absolute atomic E-state index is 11.7. The van der Waals surface area contributed by atoms with Crippen LogP contribution in [-0.2, 0) is 9.53 Å². The molecule has 0 spiro atoms. The first-order valence-corrected chi connectivity index (χ1v) is 14.3. The van der Waals surface area contributed by atoms with Crippen molar-refractivity contribution in [1.29, 1.82) is 0 Å². The molecule has 0 radical (unpaired) electrons. The zero-order valence-electron chi connectivity index (χ0n) is 23.0. The third-order valence-corrected chi connectivity index (χ3v) is 12.0. The fourth-order valence-corrected chi connectivity index (χ4v) is 9.62. The van der Waals surface area contributed by atoms with E-state index in [0.29, 0.717) is 17.3 Å². The molecule has 4 fully saturated rings. The summed E-state index contributed by atoms with van der Waals surface area (Å²) in [5.74, 6) is 3.36. The Balaban J connectivity index is 1.46. The second kappa shape index (κ2) is 9.05. The van der Waals surface area contributed by atoms with Gasteiger partial charge in [0, 0.05) is 6.92 Å². The molecule has 4 nitrogen and oxygen atoms in total. The maximum Gasteiger partial charge on any atom is 0.302 e. The fraction of sp³-hybridized carbons (Fsp3) is 0.967. The highest BCUT2D eigenvalue weighted by molar-refractivity contribution is 5.66. The Kier molecular flexibility index (Phi) is 7.04. The smallest absolute Gasteiger partial charge is 0.302 e. The van der Waals surface area contributed by atoms with Gasteiger partial charge >= 0.3 is 5.97 Å². The van der Waals surface area contributed by atoms with Gasteiger partial charge in [0.05, 0.1) is 11.2 Å². The highest BCUT2D eigenvalue weighted by atomic mass is 16.5. The van der Waals surface area contributed by atoms with Crippen LogP contribution >= 0.6 is 0 Å². The quantitative estimate of drug-likeness (QED) is 0.429. The SMILES string of the molecule is CC(=O)O[C@H]1CC[C@@]2(C)[C@@H](CC[C@@H]3[C@@H]2CC[C@@]2(C)[C@H]3CC[C@@H]2[C@@](C)(O)CC[C@H](C)C(C)(C)O)C1. The topological polar surface area (TPSA) is 66.8 Å². The summed E-state index contributed by atoms with van der Waals surface area (Å²) in [5.41, 5.74) is -0.762. The lowest BCUT2D eigenvalue weighted by Gasteiger charge is -2.61. The highest BCUT2D eigenvalue weighted by Gasteiger charge is 2.62. The molecular weight excluding hydrogens is 424 g/mol. The van der Waals surface area contributed by atoms with Crippen LogP contribution in [0.5, 0.6) is 0 Å². The number of ether oxygens (including phenoxy) is 1. The van der Waals surface area contributed by atoms with E-state index in [-0.39, 0.29) is 23.4 Å². The van der Waals surface area contributed by atoms with Gasteiger partial charge in [-0.05, 0) is 138 Å².